The smallest absolute Gasteiger partial charge is 0.338 e. The summed E-state index contributed by atoms with van der Waals surface area (Å²) in [5.74, 6) is -1.60. The molecule has 1 aliphatic heterocycles. The van der Waals surface area contributed by atoms with E-state index in [0.717, 1.165) is 5.56 Å². The largest absolute Gasteiger partial charge is 0.462 e. The highest BCUT2D eigenvalue weighted by atomic mass is 32.1. The van der Waals surface area contributed by atoms with Crippen molar-refractivity contribution in [2.75, 3.05) is 23.4 Å². The number of benzene rings is 3. The Morgan fingerprint density at radius 1 is 1.00 bits per heavy atom. The van der Waals surface area contributed by atoms with E-state index in [9.17, 15) is 18.8 Å². The summed E-state index contributed by atoms with van der Waals surface area (Å²) in [6.07, 6.45) is 0.490. The minimum Gasteiger partial charge on any atom is -0.462 e. The van der Waals surface area contributed by atoms with Crippen LogP contribution in [-0.4, -0.2) is 47.0 Å². The SMILES string of the molecule is CCOC(=O)c1ccc(NC(=O)C[C@@H]2C(=O)N(c3ccc(F)cc3)C(=S)N2CCc2ccccc2)cc1. The standard InChI is InChI=1S/C28H26FN3O4S/c1-2-36-27(35)20-8-12-22(13-9-20)30-25(33)18-24-26(34)32(23-14-10-21(29)11-15-23)28(37)31(24)17-16-19-6-4-3-5-7-19/h3-15,24H,2,16-18H2,1H3,(H,30,33)/t24-/m1/s1. The molecule has 7 nitrogen and oxygen atoms in total. The molecule has 1 heterocycles. The molecule has 1 N–H and O–H groups in total. The number of hydrogen-bond donors (Lipinski definition) is 1. The molecule has 0 unspecified atom stereocenters. The second-order valence-corrected chi connectivity index (χ2v) is 8.79. The van der Waals surface area contributed by atoms with E-state index >= 15 is 0 Å². The predicted octanol–water partition coefficient (Wildman–Crippen LogP) is 4.58. The number of carbonyl (C=O) groups is 3. The Balaban J connectivity index is 1.50. The quantitative estimate of drug-likeness (QED) is 0.330. The average Bonchev–Trinajstić information content (AvgIpc) is 3.12. The molecular formula is C28H26FN3O4S. The van der Waals surface area contributed by atoms with Crippen molar-refractivity contribution in [3.05, 3.63) is 95.8 Å². The normalized spacial score (nSPS) is 15.1. The van der Waals surface area contributed by atoms with E-state index < -0.39 is 17.8 Å². The van der Waals surface area contributed by atoms with Gasteiger partial charge in [-0.2, -0.15) is 0 Å². The topological polar surface area (TPSA) is 78.9 Å². The van der Waals surface area contributed by atoms with Crippen LogP contribution >= 0.6 is 12.2 Å². The first-order valence-corrected chi connectivity index (χ1v) is 12.3. The van der Waals surface area contributed by atoms with Gasteiger partial charge < -0.3 is 15.0 Å². The van der Waals surface area contributed by atoms with Crippen molar-refractivity contribution in [2.45, 2.75) is 25.8 Å². The van der Waals surface area contributed by atoms with Crippen LogP contribution in [0.1, 0.15) is 29.3 Å². The molecule has 0 aliphatic carbocycles. The van der Waals surface area contributed by atoms with Gasteiger partial charge in [-0.05, 0) is 79.7 Å². The summed E-state index contributed by atoms with van der Waals surface area (Å²) in [4.78, 5) is 41.4. The zero-order valence-electron chi connectivity index (χ0n) is 20.2. The molecule has 1 aliphatic rings. The molecular weight excluding hydrogens is 493 g/mol. The monoisotopic (exact) mass is 519 g/mol. The lowest BCUT2D eigenvalue weighted by molar-refractivity contribution is -0.124. The maximum atomic E-state index is 13.5. The predicted molar refractivity (Wildman–Crippen MR) is 143 cm³/mol. The minimum absolute atomic E-state index is 0.134. The van der Waals surface area contributed by atoms with Gasteiger partial charge in [0.25, 0.3) is 5.91 Å². The van der Waals surface area contributed by atoms with E-state index in [1.54, 1.807) is 36.1 Å². The molecule has 0 saturated carbocycles. The minimum atomic E-state index is -0.819. The zero-order chi connectivity index (χ0) is 26.4. The summed E-state index contributed by atoms with van der Waals surface area (Å²) in [5, 5.41) is 3.05. The summed E-state index contributed by atoms with van der Waals surface area (Å²) in [7, 11) is 0. The van der Waals surface area contributed by atoms with Crippen molar-refractivity contribution in [3.8, 4) is 0 Å². The number of rotatable bonds is 9. The highest BCUT2D eigenvalue weighted by Gasteiger charge is 2.43. The van der Waals surface area contributed by atoms with Gasteiger partial charge in [-0.3, -0.25) is 14.5 Å². The van der Waals surface area contributed by atoms with E-state index in [0.29, 0.717) is 29.9 Å². The number of esters is 1. The van der Waals surface area contributed by atoms with Crippen LogP contribution < -0.4 is 10.2 Å². The summed E-state index contributed by atoms with van der Waals surface area (Å²) < 4.78 is 18.5. The fourth-order valence-electron chi connectivity index (χ4n) is 4.10. The molecule has 37 heavy (non-hydrogen) atoms. The highest BCUT2D eigenvalue weighted by molar-refractivity contribution is 7.80. The van der Waals surface area contributed by atoms with Gasteiger partial charge in [0, 0.05) is 12.2 Å². The van der Waals surface area contributed by atoms with Crippen LogP contribution in [0.5, 0.6) is 0 Å². The van der Waals surface area contributed by atoms with Crippen LogP contribution in [0, 0.1) is 5.82 Å². The van der Waals surface area contributed by atoms with Gasteiger partial charge >= 0.3 is 5.97 Å². The summed E-state index contributed by atoms with van der Waals surface area (Å²) >= 11 is 5.65. The third kappa shape index (κ3) is 6.18. The molecule has 0 aromatic heterocycles. The van der Waals surface area contributed by atoms with Gasteiger partial charge in [-0.15, -0.1) is 0 Å². The van der Waals surface area contributed by atoms with Gasteiger partial charge in [0.15, 0.2) is 5.11 Å². The van der Waals surface area contributed by atoms with Gasteiger partial charge in [0.2, 0.25) is 5.91 Å². The molecule has 190 valence electrons. The van der Waals surface area contributed by atoms with Crippen molar-refractivity contribution < 1.29 is 23.5 Å². The van der Waals surface area contributed by atoms with Crippen molar-refractivity contribution in [1.29, 1.82) is 0 Å². The van der Waals surface area contributed by atoms with E-state index in [4.69, 9.17) is 17.0 Å². The van der Waals surface area contributed by atoms with Crippen molar-refractivity contribution in [3.63, 3.8) is 0 Å². The number of halogens is 1. The lowest BCUT2D eigenvalue weighted by Crippen LogP contribution is -2.39. The summed E-state index contributed by atoms with van der Waals surface area (Å²) in [5.41, 5.74) is 2.37. The van der Waals surface area contributed by atoms with Crippen LogP contribution in [0.3, 0.4) is 0 Å². The molecule has 1 atom stereocenters. The van der Waals surface area contributed by atoms with Gasteiger partial charge in [-0.1, -0.05) is 30.3 Å². The van der Waals surface area contributed by atoms with Crippen molar-refractivity contribution in [1.82, 2.24) is 4.90 Å². The number of thiocarbonyl (C=S) groups is 1. The van der Waals surface area contributed by atoms with Crippen LogP contribution in [-0.2, 0) is 20.7 Å². The second-order valence-electron chi connectivity index (χ2n) is 8.43. The zero-order valence-corrected chi connectivity index (χ0v) is 21.0. The van der Waals surface area contributed by atoms with Crippen LogP contribution in [0.2, 0.25) is 0 Å². The van der Waals surface area contributed by atoms with E-state index in [1.807, 2.05) is 30.3 Å². The number of nitrogens with zero attached hydrogens (tertiary/aromatic N) is 2. The van der Waals surface area contributed by atoms with Crippen molar-refractivity contribution >= 4 is 46.5 Å². The lowest BCUT2D eigenvalue weighted by Gasteiger charge is -2.24. The van der Waals surface area contributed by atoms with E-state index in [-0.39, 0.29) is 30.0 Å². The average molecular weight is 520 g/mol. The van der Waals surface area contributed by atoms with E-state index in [1.165, 1.54) is 29.2 Å². The Labute approximate surface area is 219 Å². The molecule has 1 saturated heterocycles. The van der Waals surface area contributed by atoms with Gasteiger partial charge in [-0.25, -0.2) is 9.18 Å². The highest BCUT2D eigenvalue weighted by Crippen LogP contribution is 2.28. The molecule has 0 bridgehead atoms. The number of ether oxygens (including phenoxy) is 1. The molecule has 2 amide bonds. The summed E-state index contributed by atoms with van der Waals surface area (Å²) in [6.45, 7) is 2.42. The first kappa shape index (κ1) is 26.0. The fraction of sp³-hybridized carbons (Fsp3) is 0.214. The van der Waals surface area contributed by atoms with Gasteiger partial charge in [0.1, 0.15) is 11.9 Å². The van der Waals surface area contributed by atoms with Gasteiger partial charge in [0.05, 0.1) is 24.3 Å². The Hall–Kier alpha value is -4.11. The third-order valence-corrected chi connectivity index (χ3v) is 6.36. The Bertz CT molecular complexity index is 1280. The molecule has 4 rings (SSSR count). The Morgan fingerprint density at radius 2 is 1.68 bits per heavy atom. The van der Waals surface area contributed by atoms with Crippen LogP contribution in [0.25, 0.3) is 0 Å². The first-order chi connectivity index (χ1) is 17.9. The second kappa shape index (κ2) is 11.7. The van der Waals surface area contributed by atoms with E-state index in [2.05, 4.69) is 5.32 Å². The maximum Gasteiger partial charge on any atom is 0.338 e. The fourth-order valence-corrected chi connectivity index (χ4v) is 4.52. The molecule has 1 fully saturated rings. The molecule has 3 aromatic rings. The number of nitrogens with one attached hydrogen (secondary N) is 1. The number of amides is 2. The maximum absolute atomic E-state index is 13.5. The number of carbonyl (C=O) groups excluding carboxylic acids is 3. The molecule has 0 spiro atoms. The lowest BCUT2D eigenvalue weighted by atomic mass is 10.1. The third-order valence-electron chi connectivity index (χ3n) is 5.95. The first-order valence-electron chi connectivity index (χ1n) is 11.9. The molecule has 9 heteroatoms. The van der Waals surface area contributed by atoms with Crippen LogP contribution in [0.15, 0.2) is 78.9 Å². The Morgan fingerprint density at radius 3 is 2.32 bits per heavy atom. The Kier molecular flexibility index (Phi) is 8.25. The molecule has 3 aromatic carbocycles. The molecule has 0 radical (unpaired) electrons. The number of hydrogen-bond acceptors (Lipinski definition) is 5. The van der Waals surface area contributed by atoms with Crippen LogP contribution in [0.4, 0.5) is 15.8 Å². The summed E-state index contributed by atoms with van der Waals surface area (Å²) in [6, 6.07) is 20.8. The number of anilines is 2. The van der Waals surface area contributed by atoms with Crippen molar-refractivity contribution in [2.24, 2.45) is 0 Å².